The lowest BCUT2D eigenvalue weighted by Crippen LogP contribution is -2.44. The molecule has 1 aliphatic carbocycles. The Morgan fingerprint density at radius 1 is 1.20 bits per heavy atom. The van der Waals surface area contributed by atoms with E-state index < -0.39 is 5.60 Å². The average molecular weight is 640 g/mol. The Morgan fingerprint density at radius 3 is 2.58 bits per heavy atom. The molecule has 4 rings (SSSR count). The fourth-order valence-corrected chi connectivity index (χ4v) is 5.54. The Hall–Kier alpha value is -3.16. The highest BCUT2D eigenvalue weighted by molar-refractivity contribution is 6.30. The lowest BCUT2D eigenvalue weighted by atomic mass is 9.82. The number of aliphatic imine (C=N–C) groups is 1. The quantitative estimate of drug-likeness (QED) is 0.306. The van der Waals surface area contributed by atoms with Crippen molar-refractivity contribution in [3.8, 4) is 0 Å². The van der Waals surface area contributed by atoms with E-state index in [1.165, 1.54) is 16.7 Å². The topological polar surface area (TPSA) is 71.8 Å². The smallest absolute Gasteiger partial charge is 0.411 e. The van der Waals surface area contributed by atoms with Crippen LogP contribution in [-0.4, -0.2) is 52.1 Å². The second kappa shape index (κ2) is 21.6. The van der Waals surface area contributed by atoms with Crippen LogP contribution in [0.5, 0.6) is 0 Å². The molecule has 1 N–H and O–H groups in total. The zero-order valence-electron chi connectivity index (χ0n) is 29.3. The van der Waals surface area contributed by atoms with Gasteiger partial charge in [-0.25, -0.2) is 9.78 Å². The highest BCUT2D eigenvalue weighted by Gasteiger charge is 2.32. The molecule has 1 aliphatic heterocycles. The molecule has 2 unspecified atom stereocenters. The van der Waals surface area contributed by atoms with Gasteiger partial charge in [0, 0.05) is 48.7 Å². The number of ether oxygens (including phenoxy) is 1. The van der Waals surface area contributed by atoms with Gasteiger partial charge in [0.1, 0.15) is 5.60 Å². The van der Waals surface area contributed by atoms with Crippen molar-refractivity contribution in [2.75, 3.05) is 13.2 Å². The molecule has 250 valence electrons. The van der Waals surface area contributed by atoms with Gasteiger partial charge >= 0.3 is 6.09 Å². The van der Waals surface area contributed by atoms with Crippen LogP contribution in [0.2, 0.25) is 5.02 Å². The summed E-state index contributed by atoms with van der Waals surface area (Å²) in [6.45, 7) is 23.3. The van der Waals surface area contributed by atoms with E-state index in [1.807, 2.05) is 93.2 Å². The molecule has 8 heteroatoms. The third-order valence-electron chi connectivity index (χ3n) is 7.17. The van der Waals surface area contributed by atoms with Gasteiger partial charge in [-0.05, 0) is 100 Å². The Balaban J connectivity index is 0.00000159. The van der Waals surface area contributed by atoms with Gasteiger partial charge in [0.15, 0.2) is 0 Å². The second-order valence-electron chi connectivity index (χ2n) is 11.2. The fourth-order valence-electron chi connectivity index (χ4n) is 5.36. The number of nitrogens with one attached hydrogen (secondary N) is 1. The minimum atomic E-state index is -0.518. The standard InChI is InChI=1S/C31H40ClN5O2.3C2H6/c1-31(2,3)39-30(38)37-16-7-10-29(35-22-37)28-20-24(8-5-13-33-4)23(9-6-15-36-17-14-34-21-36)18-25-19-26(32)11-12-27(25)28;3*1-2/h5,8,11-14,17-19,21,28-29,35H,4,6-7,9-10,15-16,20,22H2,1-3H3;3*1-2H3/b13-5-,24-8+;;;. The summed E-state index contributed by atoms with van der Waals surface area (Å²) in [6, 6.07) is 6.43. The normalized spacial score (nSPS) is 18.8. The number of aromatic nitrogens is 2. The number of amides is 1. The summed E-state index contributed by atoms with van der Waals surface area (Å²) in [4.78, 5) is 22.6. The minimum absolute atomic E-state index is 0.195. The first kappa shape index (κ1) is 39.9. The van der Waals surface area contributed by atoms with Crippen LogP contribution < -0.4 is 5.32 Å². The average Bonchev–Trinajstić information content (AvgIpc) is 3.36. The van der Waals surface area contributed by atoms with Crippen molar-refractivity contribution < 1.29 is 9.53 Å². The molecule has 1 aromatic heterocycles. The molecular formula is C37H58ClN5O2. The number of imidazole rings is 1. The van der Waals surface area contributed by atoms with Crippen LogP contribution >= 0.6 is 11.6 Å². The molecule has 1 aromatic carbocycles. The number of benzene rings is 1. The molecule has 2 atom stereocenters. The molecule has 1 saturated heterocycles. The molecule has 0 saturated carbocycles. The van der Waals surface area contributed by atoms with Gasteiger partial charge in [-0.2, -0.15) is 0 Å². The van der Waals surface area contributed by atoms with Crippen LogP contribution in [0.25, 0.3) is 6.08 Å². The van der Waals surface area contributed by atoms with Crippen molar-refractivity contribution in [2.24, 2.45) is 4.99 Å². The SMILES string of the molecule is C=N/C=C\C=C1/CC(C2CCCN(C(=O)OC(C)(C)C)CN2)c2ccc(Cl)cc2C=C1CCCn1ccnc1.CC.CC.CC. The third-order valence-corrected chi connectivity index (χ3v) is 7.40. The maximum Gasteiger partial charge on any atom is 0.411 e. The molecule has 1 amide bonds. The number of allylic oxidation sites excluding steroid dienone is 4. The zero-order chi connectivity index (χ0) is 33.8. The van der Waals surface area contributed by atoms with E-state index in [9.17, 15) is 4.79 Å². The molecule has 0 radical (unpaired) electrons. The Kier molecular flexibility index (Phi) is 19.1. The summed E-state index contributed by atoms with van der Waals surface area (Å²) in [6.07, 6.45) is 18.2. The molecule has 7 nitrogen and oxygen atoms in total. The van der Waals surface area contributed by atoms with Crippen LogP contribution in [-0.2, 0) is 11.3 Å². The van der Waals surface area contributed by atoms with Crippen molar-refractivity contribution >= 4 is 30.5 Å². The van der Waals surface area contributed by atoms with E-state index in [0.29, 0.717) is 13.2 Å². The van der Waals surface area contributed by atoms with E-state index in [4.69, 9.17) is 16.3 Å². The molecule has 2 aliphatic rings. The van der Waals surface area contributed by atoms with Gasteiger partial charge in [-0.1, -0.05) is 71.4 Å². The van der Waals surface area contributed by atoms with Crippen molar-refractivity contribution in [3.63, 3.8) is 0 Å². The zero-order valence-corrected chi connectivity index (χ0v) is 30.0. The number of carbonyl (C=O) groups is 1. The van der Waals surface area contributed by atoms with Gasteiger partial charge < -0.3 is 9.30 Å². The van der Waals surface area contributed by atoms with E-state index in [-0.39, 0.29) is 18.1 Å². The lowest BCUT2D eigenvalue weighted by Gasteiger charge is -2.30. The van der Waals surface area contributed by atoms with Crippen molar-refractivity contribution in [3.05, 3.63) is 82.6 Å². The minimum Gasteiger partial charge on any atom is -0.444 e. The third kappa shape index (κ3) is 13.4. The first-order valence-corrected chi connectivity index (χ1v) is 17.1. The van der Waals surface area contributed by atoms with Crippen LogP contribution in [0.1, 0.15) is 111 Å². The predicted molar refractivity (Wildman–Crippen MR) is 193 cm³/mol. The van der Waals surface area contributed by atoms with E-state index in [1.54, 1.807) is 11.1 Å². The molecular weight excluding hydrogens is 582 g/mol. The van der Waals surface area contributed by atoms with Crippen LogP contribution in [0, 0.1) is 0 Å². The van der Waals surface area contributed by atoms with Crippen molar-refractivity contribution in [1.29, 1.82) is 0 Å². The summed E-state index contributed by atoms with van der Waals surface area (Å²) < 4.78 is 7.75. The van der Waals surface area contributed by atoms with E-state index in [2.05, 4.69) is 50.9 Å². The lowest BCUT2D eigenvalue weighted by molar-refractivity contribution is 0.0243. The second-order valence-corrected chi connectivity index (χ2v) is 11.7. The highest BCUT2D eigenvalue weighted by atomic mass is 35.5. The number of hydrogen-bond donors (Lipinski definition) is 1. The molecule has 0 bridgehead atoms. The first-order valence-electron chi connectivity index (χ1n) is 16.7. The van der Waals surface area contributed by atoms with Crippen molar-refractivity contribution in [2.45, 2.75) is 119 Å². The van der Waals surface area contributed by atoms with Crippen LogP contribution in [0.4, 0.5) is 4.79 Å². The number of aryl methyl sites for hydroxylation is 1. The molecule has 0 spiro atoms. The molecule has 45 heavy (non-hydrogen) atoms. The van der Waals surface area contributed by atoms with Crippen molar-refractivity contribution in [1.82, 2.24) is 19.8 Å². The monoisotopic (exact) mass is 639 g/mol. The molecule has 2 heterocycles. The largest absolute Gasteiger partial charge is 0.444 e. The Morgan fingerprint density at radius 2 is 1.93 bits per heavy atom. The van der Waals surface area contributed by atoms with Gasteiger partial charge in [0.25, 0.3) is 0 Å². The van der Waals surface area contributed by atoms with Gasteiger partial charge in [-0.15, -0.1) is 0 Å². The number of halogens is 1. The summed E-state index contributed by atoms with van der Waals surface area (Å²) in [7, 11) is 0. The highest BCUT2D eigenvalue weighted by Crippen LogP contribution is 2.41. The van der Waals surface area contributed by atoms with Gasteiger partial charge in [0.2, 0.25) is 0 Å². The number of nitrogens with zero attached hydrogens (tertiary/aromatic N) is 4. The van der Waals surface area contributed by atoms with Gasteiger partial charge in [-0.3, -0.25) is 15.2 Å². The van der Waals surface area contributed by atoms with Crippen LogP contribution in [0.3, 0.4) is 0 Å². The number of fused-ring (bicyclic) bond motifs is 1. The molecule has 2 aromatic rings. The number of hydrogen-bond acceptors (Lipinski definition) is 5. The van der Waals surface area contributed by atoms with Gasteiger partial charge in [0.05, 0.1) is 13.0 Å². The Bertz CT molecular complexity index is 1230. The summed E-state index contributed by atoms with van der Waals surface area (Å²) in [5, 5.41) is 4.43. The van der Waals surface area contributed by atoms with E-state index >= 15 is 0 Å². The molecule has 1 fully saturated rings. The fraction of sp³-hybridized carbons (Fsp3) is 0.541. The number of rotatable bonds is 7. The predicted octanol–water partition coefficient (Wildman–Crippen LogP) is 10.1. The van der Waals surface area contributed by atoms with Crippen LogP contribution in [0.15, 0.2) is 71.4 Å². The summed E-state index contributed by atoms with van der Waals surface area (Å²) in [5.41, 5.74) is 4.51. The maximum atomic E-state index is 12.8. The number of carbonyl (C=O) groups excluding carboxylic acids is 1. The first-order chi connectivity index (χ1) is 21.7. The summed E-state index contributed by atoms with van der Waals surface area (Å²) >= 11 is 6.50. The summed E-state index contributed by atoms with van der Waals surface area (Å²) in [5.74, 6) is 0.217. The van der Waals surface area contributed by atoms with E-state index in [0.717, 1.165) is 49.2 Å². The maximum absolute atomic E-state index is 12.8. The Labute approximate surface area is 278 Å².